The number of unbranched alkanes of at least 4 members (excludes halogenated alkanes) is 2. The minimum absolute atomic E-state index is 0.146. The summed E-state index contributed by atoms with van der Waals surface area (Å²) in [7, 11) is 0. The summed E-state index contributed by atoms with van der Waals surface area (Å²) >= 11 is 0. The van der Waals surface area contributed by atoms with Gasteiger partial charge in [0.15, 0.2) is 11.5 Å². The molecule has 0 saturated carbocycles. The molecule has 1 aromatic rings. The lowest BCUT2D eigenvalue weighted by molar-refractivity contribution is 0.0918. The van der Waals surface area contributed by atoms with Crippen molar-refractivity contribution in [3.63, 3.8) is 0 Å². The number of phenolic OH excluding ortho intramolecular Hbond substituents is 2. The summed E-state index contributed by atoms with van der Waals surface area (Å²) in [6, 6.07) is 4.76. The fraction of sp³-hybridized carbons (Fsp3) is 0.571. The second-order valence-electron chi connectivity index (χ2n) is 4.94. The Balaban J connectivity index is 2.65. The quantitative estimate of drug-likeness (QED) is 0.585. The summed E-state index contributed by atoms with van der Waals surface area (Å²) in [5.41, 5.74) is -0.333. The topological polar surface area (TPSA) is 49.7 Å². The predicted molar refractivity (Wildman–Crippen MR) is 68.6 cm³/mol. The zero-order valence-electron chi connectivity index (χ0n) is 10.9. The van der Waals surface area contributed by atoms with Crippen molar-refractivity contribution < 1.29 is 14.9 Å². The van der Waals surface area contributed by atoms with Crippen molar-refractivity contribution in [2.75, 3.05) is 0 Å². The number of hydrogen-bond donors (Lipinski definition) is 2. The Hall–Kier alpha value is -1.38. The number of para-hydroxylation sites is 1. The lowest BCUT2D eigenvalue weighted by atomic mass is 10.0. The van der Waals surface area contributed by atoms with Crippen molar-refractivity contribution in [3.05, 3.63) is 18.2 Å². The Bertz CT molecular complexity index is 358. The SMILES string of the molecule is CCCCCC(C)(C)Oc1cccc(O)c1O. The van der Waals surface area contributed by atoms with Crippen LogP contribution in [0.2, 0.25) is 0 Å². The van der Waals surface area contributed by atoms with E-state index in [2.05, 4.69) is 6.92 Å². The molecule has 3 heteroatoms. The third kappa shape index (κ3) is 4.17. The maximum absolute atomic E-state index is 9.66. The molecule has 0 radical (unpaired) electrons. The van der Waals surface area contributed by atoms with Crippen molar-refractivity contribution in [1.82, 2.24) is 0 Å². The molecule has 0 unspecified atom stereocenters. The molecule has 0 atom stereocenters. The van der Waals surface area contributed by atoms with Crippen LogP contribution in [0.5, 0.6) is 17.2 Å². The van der Waals surface area contributed by atoms with Gasteiger partial charge in [-0.3, -0.25) is 0 Å². The van der Waals surface area contributed by atoms with Crippen LogP contribution in [-0.4, -0.2) is 15.8 Å². The van der Waals surface area contributed by atoms with Gasteiger partial charge in [0.05, 0.1) is 0 Å². The van der Waals surface area contributed by atoms with Gasteiger partial charge in [0.25, 0.3) is 0 Å². The lowest BCUT2D eigenvalue weighted by Crippen LogP contribution is -2.28. The molecule has 1 aromatic carbocycles. The standard InChI is InChI=1S/C14H22O3/c1-4-5-6-10-14(2,3)17-12-9-7-8-11(15)13(12)16/h7-9,15-16H,4-6,10H2,1-3H3. The molecule has 0 heterocycles. The highest BCUT2D eigenvalue weighted by Crippen LogP contribution is 2.37. The molecule has 0 aliphatic carbocycles. The van der Waals surface area contributed by atoms with Gasteiger partial charge < -0.3 is 14.9 Å². The Morgan fingerprint density at radius 3 is 2.53 bits per heavy atom. The van der Waals surface area contributed by atoms with E-state index in [1.165, 1.54) is 18.9 Å². The Labute approximate surface area is 103 Å². The first-order chi connectivity index (χ1) is 7.96. The second-order valence-corrected chi connectivity index (χ2v) is 4.94. The fourth-order valence-electron chi connectivity index (χ4n) is 1.74. The molecule has 0 fully saturated rings. The summed E-state index contributed by atoms with van der Waals surface area (Å²) in [5.74, 6) is 0.00873. The van der Waals surface area contributed by atoms with E-state index in [-0.39, 0.29) is 17.1 Å². The molecule has 0 amide bonds. The average Bonchev–Trinajstić information content (AvgIpc) is 2.25. The minimum Gasteiger partial charge on any atom is -0.504 e. The van der Waals surface area contributed by atoms with Gasteiger partial charge in [-0.15, -0.1) is 0 Å². The largest absolute Gasteiger partial charge is 0.504 e. The molecule has 1 rings (SSSR count). The number of benzene rings is 1. The van der Waals surface area contributed by atoms with E-state index in [0.717, 1.165) is 12.8 Å². The lowest BCUT2D eigenvalue weighted by Gasteiger charge is -2.27. The van der Waals surface area contributed by atoms with Crippen LogP contribution in [0.15, 0.2) is 18.2 Å². The highest BCUT2D eigenvalue weighted by Gasteiger charge is 2.21. The van der Waals surface area contributed by atoms with Gasteiger partial charge in [-0.25, -0.2) is 0 Å². The second kappa shape index (κ2) is 5.80. The van der Waals surface area contributed by atoms with Crippen LogP contribution in [0.4, 0.5) is 0 Å². The maximum Gasteiger partial charge on any atom is 0.200 e. The van der Waals surface area contributed by atoms with Gasteiger partial charge in [-0.1, -0.05) is 25.8 Å². The summed E-state index contributed by atoms with van der Waals surface area (Å²) in [6.07, 6.45) is 4.38. The Morgan fingerprint density at radius 2 is 1.88 bits per heavy atom. The van der Waals surface area contributed by atoms with Crippen LogP contribution in [-0.2, 0) is 0 Å². The fourth-order valence-corrected chi connectivity index (χ4v) is 1.74. The first-order valence-electron chi connectivity index (χ1n) is 6.16. The molecular formula is C14H22O3. The molecule has 0 aliphatic heterocycles. The number of phenols is 2. The minimum atomic E-state index is -0.333. The molecule has 0 aliphatic rings. The van der Waals surface area contributed by atoms with Gasteiger partial charge in [0.2, 0.25) is 5.75 Å². The molecule has 0 aromatic heterocycles. The van der Waals surface area contributed by atoms with Crippen molar-refractivity contribution in [1.29, 1.82) is 0 Å². The molecule has 96 valence electrons. The van der Waals surface area contributed by atoms with Crippen LogP contribution in [0, 0.1) is 0 Å². The molecule has 17 heavy (non-hydrogen) atoms. The van der Waals surface area contributed by atoms with Crippen molar-refractivity contribution in [3.8, 4) is 17.2 Å². The van der Waals surface area contributed by atoms with Crippen LogP contribution in [0.1, 0.15) is 46.5 Å². The molecule has 3 nitrogen and oxygen atoms in total. The number of hydrogen-bond acceptors (Lipinski definition) is 3. The zero-order chi connectivity index (χ0) is 12.9. The first kappa shape index (κ1) is 13.7. The van der Waals surface area contributed by atoms with Crippen LogP contribution >= 0.6 is 0 Å². The van der Waals surface area contributed by atoms with E-state index in [9.17, 15) is 10.2 Å². The molecule has 0 saturated heterocycles. The normalized spacial score (nSPS) is 11.5. The number of ether oxygens (including phenoxy) is 1. The third-order valence-electron chi connectivity index (χ3n) is 2.75. The van der Waals surface area contributed by atoms with E-state index in [4.69, 9.17) is 4.74 Å². The smallest absolute Gasteiger partial charge is 0.200 e. The van der Waals surface area contributed by atoms with Crippen LogP contribution < -0.4 is 4.74 Å². The first-order valence-corrected chi connectivity index (χ1v) is 6.16. The molecule has 0 bridgehead atoms. The Morgan fingerprint density at radius 1 is 1.18 bits per heavy atom. The molecular weight excluding hydrogens is 216 g/mol. The summed E-state index contributed by atoms with van der Waals surface area (Å²) < 4.78 is 5.75. The zero-order valence-corrected chi connectivity index (χ0v) is 10.9. The third-order valence-corrected chi connectivity index (χ3v) is 2.75. The van der Waals surface area contributed by atoms with Gasteiger partial charge >= 0.3 is 0 Å². The van der Waals surface area contributed by atoms with Gasteiger partial charge in [-0.05, 0) is 38.8 Å². The van der Waals surface area contributed by atoms with E-state index in [1.54, 1.807) is 12.1 Å². The Kier molecular flexibility index (Phi) is 4.67. The van der Waals surface area contributed by atoms with Gasteiger partial charge in [-0.2, -0.15) is 0 Å². The van der Waals surface area contributed by atoms with Crippen molar-refractivity contribution >= 4 is 0 Å². The highest BCUT2D eigenvalue weighted by molar-refractivity contribution is 5.49. The van der Waals surface area contributed by atoms with Crippen molar-refractivity contribution in [2.24, 2.45) is 0 Å². The summed E-state index contributed by atoms with van der Waals surface area (Å²) in [6.45, 7) is 6.15. The monoisotopic (exact) mass is 238 g/mol. The van der Waals surface area contributed by atoms with E-state index in [0.29, 0.717) is 5.75 Å². The van der Waals surface area contributed by atoms with Crippen LogP contribution in [0.3, 0.4) is 0 Å². The van der Waals surface area contributed by atoms with Crippen molar-refractivity contribution in [2.45, 2.75) is 52.1 Å². The van der Waals surface area contributed by atoms with E-state index < -0.39 is 0 Å². The van der Waals surface area contributed by atoms with Crippen LogP contribution in [0.25, 0.3) is 0 Å². The average molecular weight is 238 g/mol. The number of aromatic hydroxyl groups is 2. The number of rotatable bonds is 6. The predicted octanol–water partition coefficient (Wildman–Crippen LogP) is 3.84. The van der Waals surface area contributed by atoms with E-state index in [1.807, 2.05) is 13.8 Å². The highest BCUT2D eigenvalue weighted by atomic mass is 16.5. The maximum atomic E-state index is 9.66. The van der Waals surface area contributed by atoms with Gasteiger partial charge in [0, 0.05) is 0 Å². The molecule has 2 N–H and O–H groups in total. The van der Waals surface area contributed by atoms with Gasteiger partial charge in [0.1, 0.15) is 5.60 Å². The summed E-state index contributed by atoms with van der Waals surface area (Å²) in [5, 5.41) is 19.0. The summed E-state index contributed by atoms with van der Waals surface area (Å²) in [4.78, 5) is 0. The molecule has 0 spiro atoms. The van der Waals surface area contributed by atoms with E-state index >= 15 is 0 Å².